The van der Waals surface area contributed by atoms with E-state index in [0.29, 0.717) is 12.8 Å². The summed E-state index contributed by atoms with van der Waals surface area (Å²) in [5.41, 5.74) is -0.836. The molecule has 0 aromatic heterocycles. The Kier molecular flexibility index (Phi) is 1.17. The van der Waals surface area contributed by atoms with Crippen LogP contribution in [-0.2, 0) is 9.53 Å². The number of hydrogen-bond acceptors (Lipinski definition) is 3. The lowest BCUT2D eigenvalue weighted by atomic mass is 10.1. The minimum absolute atomic E-state index is 0.265. The molecule has 0 spiro atoms. The first kappa shape index (κ1) is 6.09. The molecule has 1 fully saturated rings. The van der Waals surface area contributed by atoms with E-state index in [2.05, 4.69) is 0 Å². The van der Waals surface area contributed by atoms with Crippen molar-refractivity contribution in [3.8, 4) is 6.07 Å². The summed E-state index contributed by atoms with van der Waals surface area (Å²) in [6.45, 7) is 1.62. The average molecular weight is 125 g/mol. The molecule has 1 aliphatic rings. The highest BCUT2D eigenvalue weighted by Crippen LogP contribution is 2.24. The second-order valence-corrected chi connectivity index (χ2v) is 2.32. The number of cyclic esters (lactones) is 1. The quantitative estimate of drug-likeness (QED) is 0.445. The van der Waals surface area contributed by atoms with Gasteiger partial charge >= 0.3 is 5.97 Å². The van der Waals surface area contributed by atoms with Crippen LogP contribution in [0, 0.1) is 11.3 Å². The van der Waals surface area contributed by atoms with E-state index in [0.717, 1.165) is 0 Å². The van der Waals surface area contributed by atoms with Gasteiger partial charge in [0.15, 0.2) is 5.60 Å². The summed E-state index contributed by atoms with van der Waals surface area (Å²) >= 11 is 0. The van der Waals surface area contributed by atoms with Gasteiger partial charge in [0.05, 0.1) is 6.42 Å². The summed E-state index contributed by atoms with van der Waals surface area (Å²) in [6.07, 6.45) is 0.909. The third-order valence-electron chi connectivity index (χ3n) is 1.38. The Labute approximate surface area is 53.2 Å². The van der Waals surface area contributed by atoms with Gasteiger partial charge in [0.2, 0.25) is 0 Å². The van der Waals surface area contributed by atoms with Gasteiger partial charge in [-0.2, -0.15) is 5.26 Å². The molecule has 3 heteroatoms. The zero-order chi connectivity index (χ0) is 6.91. The van der Waals surface area contributed by atoms with Gasteiger partial charge in [-0.3, -0.25) is 4.79 Å². The maximum Gasteiger partial charge on any atom is 0.307 e. The monoisotopic (exact) mass is 125 g/mol. The number of hydrogen-bond donors (Lipinski definition) is 0. The number of ether oxygens (including phenoxy) is 1. The van der Waals surface area contributed by atoms with Crippen LogP contribution < -0.4 is 0 Å². The maximum atomic E-state index is 10.4. The van der Waals surface area contributed by atoms with Crippen molar-refractivity contribution in [1.29, 1.82) is 5.26 Å². The zero-order valence-corrected chi connectivity index (χ0v) is 5.18. The molecule has 9 heavy (non-hydrogen) atoms. The molecule has 3 nitrogen and oxygen atoms in total. The third-order valence-corrected chi connectivity index (χ3v) is 1.38. The summed E-state index contributed by atoms with van der Waals surface area (Å²) in [7, 11) is 0. The second kappa shape index (κ2) is 1.73. The Morgan fingerprint density at radius 3 is 2.78 bits per heavy atom. The first-order valence-electron chi connectivity index (χ1n) is 2.79. The predicted molar refractivity (Wildman–Crippen MR) is 29.3 cm³/mol. The molecule has 1 heterocycles. The summed E-state index contributed by atoms with van der Waals surface area (Å²) in [4.78, 5) is 10.4. The Morgan fingerprint density at radius 2 is 2.56 bits per heavy atom. The van der Waals surface area contributed by atoms with Crippen molar-refractivity contribution in [2.75, 3.05) is 0 Å². The standard InChI is InChI=1S/C6H7NO2/c1-6(4-7)3-2-5(8)9-6/h2-3H2,1H3. The van der Waals surface area contributed by atoms with E-state index >= 15 is 0 Å². The summed E-state index contributed by atoms with van der Waals surface area (Å²) in [5.74, 6) is -0.265. The number of nitrogens with zero attached hydrogens (tertiary/aromatic N) is 1. The van der Waals surface area contributed by atoms with Gasteiger partial charge in [-0.15, -0.1) is 0 Å². The van der Waals surface area contributed by atoms with Gasteiger partial charge < -0.3 is 4.74 Å². The number of carbonyl (C=O) groups excluding carboxylic acids is 1. The molecule has 0 radical (unpaired) electrons. The molecule has 0 amide bonds. The topological polar surface area (TPSA) is 50.1 Å². The Bertz CT molecular complexity index is 182. The molecule has 1 saturated heterocycles. The van der Waals surface area contributed by atoms with E-state index in [4.69, 9.17) is 10.00 Å². The van der Waals surface area contributed by atoms with Gasteiger partial charge in [-0.05, 0) is 6.92 Å². The molecule has 1 aliphatic heterocycles. The van der Waals surface area contributed by atoms with Crippen LogP contribution in [0.2, 0.25) is 0 Å². The van der Waals surface area contributed by atoms with Crippen molar-refractivity contribution in [1.82, 2.24) is 0 Å². The van der Waals surface area contributed by atoms with Crippen LogP contribution in [0.5, 0.6) is 0 Å². The number of esters is 1. The maximum absolute atomic E-state index is 10.4. The van der Waals surface area contributed by atoms with Crippen LogP contribution >= 0.6 is 0 Å². The molecule has 48 valence electrons. The Morgan fingerprint density at radius 1 is 1.89 bits per heavy atom. The molecule has 1 atom stereocenters. The van der Waals surface area contributed by atoms with Crippen molar-refractivity contribution in [2.45, 2.75) is 25.4 Å². The van der Waals surface area contributed by atoms with E-state index < -0.39 is 5.60 Å². The van der Waals surface area contributed by atoms with Gasteiger partial charge in [0.1, 0.15) is 6.07 Å². The smallest absolute Gasteiger partial charge is 0.307 e. The van der Waals surface area contributed by atoms with Gasteiger partial charge in [0, 0.05) is 6.42 Å². The molecular weight excluding hydrogens is 118 g/mol. The molecule has 0 aliphatic carbocycles. The average Bonchev–Trinajstić information content (AvgIpc) is 2.13. The van der Waals surface area contributed by atoms with Crippen molar-refractivity contribution in [3.05, 3.63) is 0 Å². The second-order valence-electron chi connectivity index (χ2n) is 2.32. The molecule has 1 unspecified atom stereocenters. The van der Waals surface area contributed by atoms with Crippen LogP contribution in [-0.4, -0.2) is 11.6 Å². The van der Waals surface area contributed by atoms with Gasteiger partial charge in [-0.25, -0.2) is 0 Å². The first-order chi connectivity index (χ1) is 4.16. The number of nitriles is 1. The summed E-state index contributed by atoms with van der Waals surface area (Å²) in [6, 6.07) is 1.93. The molecule has 1 rings (SSSR count). The lowest BCUT2D eigenvalue weighted by molar-refractivity contribution is -0.143. The Balaban J connectivity index is 2.68. The lowest BCUT2D eigenvalue weighted by Gasteiger charge is -2.10. The molecular formula is C6H7NO2. The van der Waals surface area contributed by atoms with Gasteiger partial charge in [0.25, 0.3) is 0 Å². The highest BCUT2D eigenvalue weighted by Gasteiger charge is 2.35. The SMILES string of the molecule is CC1(C#N)CCC(=O)O1. The fourth-order valence-electron chi connectivity index (χ4n) is 0.773. The van der Waals surface area contributed by atoms with E-state index in [1.165, 1.54) is 0 Å². The molecule has 0 aromatic carbocycles. The molecule has 0 aromatic rings. The van der Waals surface area contributed by atoms with E-state index in [-0.39, 0.29) is 5.97 Å². The van der Waals surface area contributed by atoms with Crippen LogP contribution in [0.4, 0.5) is 0 Å². The number of rotatable bonds is 0. The van der Waals surface area contributed by atoms with E-state index in [1.54, 1.807) is 6.92 Å². The largest absolute Gasteiger partial charge is 0.444 e. The normalized spacial score (nSPS) is 33.6. The van der Waals surface area contributed by atoms with Crippen molar-refractivity contribution in [2.24, 2.45) is 0 Å². The van der Waals surface area contributed by atoms with Crippen molar-refractivity contribution in [3.63, 3.8) is 0 Å². The Hall–Kier alpha value is -1.04. The summed E-state index contributed by atoms with van der Waals surface area (Å²) in [5, 5.41) is 8.42. The van der Waals surface area contributed by atoms with Crippen LogP contribution in [0.1, 0.15) is 19.8 Å². The van der Waals surface area contributed by atoms with Gasteiger partial charge in [-0.1, -0.05) is 0 Å². The third kappa shape index (κ3) is 1.02. The van der Waals surface area contributed by atoms with E-state index in [1.807, 2.05) is 6.07 Å². The first-order valence-corrected chi connectivity index (χ1v) is 2.79. The van der Waals surface area contributed by atoms with E-state index in [9.17, 15) is 4.79 Å². The highest BCUT2D eigenvalue weighted by molar-refractivity contribution is 5.72. The minimum Gasteiger partial charge on any atom is -0.444 e. The minimum atomic E-state index is -0.836. The highest BCUT2D eigenvalue weighted by atomic mass is 16.6. The van der Waals surface area contributed by atoms with Crippen LogP contribution in [0.25, 0.3) is 0 Å². The van der Waals surface area contributed by atoms with Crippen LogP contribution in [0.15, 0.2) is 0 Å². The molecule has 0 N–H and O–H groups in total. The summed E-state index contributed by atoms with van der Waals surface area (Å²) < 4.78 is 4.70. The zero-order valence-electron chi connectivity index (χ0n) is 5.18. The fourth-order valence-corrected chi connectivity index (χ4v) is 0.773. The predicted octanol–water partition coefficient (Wildman–Crippen LogP) is 0.606. The molecule has 0 saturated carbocycles. The van der Waals surface area contributed by atoms with Crippen LogP contribution in [0.3, 0.4) is 0 Å². The number of carbonyl (C=O) groups is 1. The lowest BCUT2D eigenvalue weighted by Crippen LogP contribution is -2.20. The molecule has 0 bridgehead atoms. The van der Waals surface area contributed by atoms with Crippen molar-refractivity contribution < 1.29 is 9.53 Å². The fraction of sp³-hybridized carbons (Fsp3) is 0.667. The van der Waals surface area contributed by atoms with Crippen molar-refractivity contribution >= 4 is 5.97 Å².